The summed E-state index contributed by atoms with van der Waals surface area (Å²) in [5, 5.41) is 2.65. The highest BCUT2D eigenvalue weighted by atomic mass is 28.4. The molecule has 6 nitrogen and oxygen atoms in total. The van der Waals surface area contributed by atoms with Crippen LogP contribution < -0.4 is 11.1 Å². The smallest absolute Gasteiger partial charge is 0.390 e. The van der Waals surface area contributed by atoms with Crippen LogP contribution in [-0.2, 0) is 4.79 Å². The van der Waals surface area contributed by atoms with E-state index in [2.05, 4.69) is 5.32 Å². The number of amides is 1. The van der Waals surface area contributed by atoms with E-state index in [0.717, 1.165) is 19.3 Å². The molecule has 0 atom stereocenters. The molecule has 0 aromatic carbocycles. The Morgan fingerprint density at radius 2 is 1.81 bits per heavy atom. The fourth-order valence-electron chi connectivity index (χ4n) is 1.25. The number of nitrogens with two attached hydrogens (primary N) is 1. The Hall–Kier alpha value is -0.473. The number of unbranched alkanes of at least 4 members (excludes halogenated alkanes) is 2. The third kappa shape index (κ3) is 11.6. The fourth-order valence-corrected chi connectivity index (χ4v) is 1.90. The topological polar surface area (TPSA) is 116 Å². The normalized spacial score (nSPS) is 11.5. The molecule has 0 aliphatic heterocycles. The van der Waals surface area contributed by atoms with Gasteiger partial charge in [-0.05, 0) is 25.8 Å². The van der Waals surface area contributed by atoms with E-state index in [1.165, 1.54) is 0 Å². The van der Waals surface area contributed by atoms with Crippen molar-refractivity contribution in [1.82, 2.24) is 5.32 Å². The van der Waals surface area contributed by atoms with Gasteiger partial charge in [0.05, 0.1) is 0 Å². The first-order valence-corrected chi connectivity index (χ1v) is 7.64. The summed E-state index contributed by atoms with van der Waals surface area (Å²) in [4.78, 5) is 37.3. The lowest BCUT2D eigenvalue weighted by Crippen LogP contribution is -2.35. The summed E-state index contributed by atoms with van der Waals surface area (Å²) in [6, 6.07) is -0.0412. The maximum absolute atomic E-state index is 11.2. The zero-order valence-electron chi connectivity index (χ0n) is 9.48. The predicted octanol–water partition coefficient (Wildman–Crippen LogP) is -1.07. The molecule has 96 valence electrons. The van der Waals surface area contributed by atoms with Gasteiger partial charge < -0.3 is 25.4 Å². The van der Waals surface area contributed by atoms with Crippen LogP contribution in [0.5, 0.6) is 0 Å². The Balaban J connectivity index is 3.31. The molecule has 0 radical (unpaired) electrons. The Labute approximate surface area is 96.8 Å². The van der Waals surface area contributed by atoms with Crippen molar-refractivity contribution in [3.63, 3.8) is 0 Å². The molecular formula is C9H22N2O4Si. The van der Waals surface area contributed by atoms with Gasteiger partial charge in [-0.25, -0.2) is 0 Å². The standard InChI is InChI=1S/C9H22N2O4Si/c10-6-3-1-2-5-9(12)11-7-4-8-16(13,14)15/h13-15H,1-8,10H2,(H,11,12). The van der Waals surface area contributed by atoms with Crippen molar-refractivity contribution in [2.45, 2.75) is 38.1 Å². The molecule has 0 saturated carbocycles. The summed E-state index contributed by atoms with van der Waals surface area (Å²) in [6.07, 6.45) is 3.55. The van der Waals surface area contributed by atoms with Crippen LogP contribution in [0.25, 0.3) is 0 Å². The van der Waals surface area contributed by atoms with Crippen LogP contribution in [0.3, 0.4) is 0 Å². The monoisotopic (exact) mass is 250 g/mol. The second-order valence-electron chi connectivity index (χ2n) is 3.83. The lowest BCUT2D eigenvalue weighted by molar-refractivity contribution is -0.121. The number of nitrogens with one attached hydrogen (secondary N) is 1. The van der Waals surface area contributed by atoms with Gasteiger partial charge >= 0.3 is 8.80 Å². The zero-order chi connectivity index (χ0) is 12.4. The van der Waals surface area contributed by atoms with E-state index < -0.39 is 8.80 Å². The maximum Gasteiger partial charge on any atom is 0.492 e. The highest BCUT2D eigenvalue weighted by Gasteiger charge is 2.25. The first-order chi connectivity index (χ1) is 7.45. The maximum atomic E-state index is 11.2. The Bertz CT molecular complexity index is 196. The SMILES string of the molecule is NCCCCCC(=O)NCCC[Si](O)(O)O. The third-order valence-electron chi connectivity index (χ3n) is 2.12. The first-order valence-electron chi connectivity index (χ1n) is 5.59. The van der Waals surface area contributed by atoms with Crippen LogP contribution in [0.1, 0.15) is 32.1 Å². The summed E-state index contributed by atoms with van der Waals surface area (Å²) in [5.74, 6) is -0.0434. The number of carbonyl (C=O) groups is 1. The Kier molecular flexibility index (Phi) is 8.40. The lowest BCUT2D eigenvalue weighted by Gasteiger charge is -2.09. The summed E-state index contributed by atoms with van der Waals surface area (Å²) in [6.45, 7) is 1.02. The van der Waals surface area contributed by atoms with E-state index in [9.17, 15) is 4.79 Å². The van der Waals surface area contributed by atoms with Crippen molar-refractivity contribution in [3.8, 4) is 0 Å². The van der Waals surface area contributed by atoms with Crippen LogP contribution in [0.2, 0.25) is 6.04 Å². The lowest BCUT2D eigenvalue weighted by atomic mass is 10.2. The van der Waals surface area contributed by atoms with Gasteiger partial charge in [0.25, 0.3) is 0 Å². The van der Waals surface area contributed by atoms with Crippen LogP contribution in [0.15, 0.2) is 0 Å². The molecular weight excluding hydrogens is 228 g/mol. The second-order valence-corrected chi connectivity index (χ2v) is 5.88. The quantitative estimate of drug-likeness (QED) is 0.264. The van der Waals surface area contributed by atoms with Gasteiger partial charge in [0, 0.05) is 19.0 Å². The van der Waals surface area contributed by atoms with Crippen LogP contribution in [0.4, 0.5) is 0 Å². The molecule has 0 aliphatic carbocycles. The minimum absolute atomic E-state index is 0.0412. The van der Waals surface area contributed by atoms with E-state index in [1.54, 1.807) is 0 Å². The zero-order valence-corrected chi connectivity index (χ0v) is 10.5. The van der Waals surface area contributed by atoms with E-state index in [1.807, 2.05) is 0 Å². The first kappa shape index (κ1) is 15.5. The van der Waals surface area contributed by atoms with Gasteiger partial charge in [-0.2, -0.15) is 0 Å². The van der Waals surface area contributed by atoms with Gasteiger partial charge in [0.1, 0.15) is 0 Å². The molecule has 1 amide bonds. The van der Waals surface area contributed by atoms with Gasteiger partial charge in [0.2, 0.25) is 5.91 Å². The van der Waals surface area contributed by atoms with Gasteiger partial charge in [-0.1, -0.05) is 6.42 Å². The van der Waals surface area contributed by atoms with Crippen LogP contribution in [0, 0.1) is 0 Å². The molecule has 0 spiro atoms. The molecule has 0 aromatic heterocycles. The van der Waals surface area contributed by atoms with E-state index >= 15 is 0 Å². The molecule has 6 N–H and O–H groups in total. The largest absolute Gasteiger partial charge is 0.492 e. The number of hydrogen-bond donors (Lipinski definition) is 5. The van der Waals surface area contributed by atoms with Crippen molar-refractivity contribution in [3.05, 3.63) is 0 Å². The van der Waals surface area contributed by atoms with Crippen molar-refractivity contribution < 1.29 is 19.2 Å². The van der Waals surface area contributed by atoms with Crippen molar-refractivity contribution >= 4 is 14.7 Å². The number of rotatable bonds is 9. The summed E-state index contributed by atoms with van der Waals surface area (Å²) < 4.78 is 0. The average Bonchev–Trinajstić information content (AvgIpc) is 2.18. The molecule has 16 heavy (non-hydrogen) atoms. The highest BCUT2D eigenvalue weighted by Crippen LogP contribution is 2.01. The van der Waals surface area contributed by atoms with E-state index in [4.69, 9.17) is 20.1 Å². The predicted molar refractivity (Wildman–Crippen MR) is 62.4 cm³/mol. The molecule has 0 aliphatic rings. The van der Waals surface area contributed by atoms with E-state index in [0.29, 0.717) is 25.9 Å². The Morgan fingerprint density at radius 1 is 1.12 bits per heavy atom. The fraction of sp³-hybridized carbons (Fsp3) is 0.889. The summed E-state index contributed by atoms with van der Waals surface area (Å²) in [5.41, 5.74) is 5.32. The van der Waals surface area contributed by atoms with Crippen molar-refractivity contribution in [2.75, 3.05) is 13.1 Å². The molecule has 0 fully saturated rings. The van der Waals surface area contributed by atoms with E-state index in [-0.39, 0.29) is 12.0 Å². The van der Waals surface area contributed by atoms with Gasteiger partial charge in [-0.15, -0.1) is 0 Å². The van der Waals surface area contributed by atoms with Gasteiger partial charge in [0.15, 0.2) is 0 Å². The molecule has 0 rings (SSSR count). The molecule has 0 aromatic rings. The Morgan fingerprint density at radius 3 is 2.38 bits per heavy atom. The van der Waals surface area contributed by atoms with Crippen molar-refractivity contribution in [1.29, 1.82) is 0 Å². The van der Waals surface area contributed by atoms with Crippen LogP contribution in [-0.4, -0.2) is 42.2 Å². The number of carbonyl (C=O) groups excluding carboxylic acids is 1. The average molecular weight is 250 g/mol. The molecule has 0 saturated heterocycles. The molecule has 0 bridgehead atoms. The van der Waals surface area contributed by atoms with Crippen molar-refractivity contribution in [2.24, 2.45) is 5.73 Å². The van der Waals surface area contributed by atoms with Gasteiger partial charge in [-0.3, -0.25) is 4.79 Å². The molecule has 7 heteroatoms. The summed E-state index contributed by atoms with van der Waals surface area (Å²) >= 11 is 0. The number of hydrogen-bond acceptors (Lipinski definition) is 5. The highest BCUT2D eigenvalue weighted by molar-refractivity contribution is 6.56. The second kappa shape index (κ2) is 8.65. The molecule has 0 heterocycles. The minimum atomic E-state index is -3.93. The van der Waals surface area contributed by atoms with Crippen LogP contribution >= 0.6 is 0 Å². The minimum Gasteiger partial charge on any atom is -0.390 e. The third-order valence-corrected chi connectivity index (χ3v) is 3.14. The summed E-state index contributed by atoms with van der Waals surface area (Å²) in [7, 11) is -3.93. The molecule has 0 unspecified atom stereocenters.